The fourth-order valence-corrected chi connectivity index (χ4v) is 3.70. The maximum Gasteiger partial charge on any atom is 0.191 e. The first-order chi connectivity index (χ1) is 12.7. The van der Waals surface area contributed by atoms with E-state index < -0.39 is 14.6 Å². The van der Waals surface area contributed by atoms with Crippen molar-refractivity contribution in [2.24, 2.45) is 4.99 Å². The lowest BCUT2D eigenvalue weighted by Crippen LogP contribution is -2.41. The van der Waals surface area contributed by atoms with Crippen molar-refractivity contribution < 1.29 is 8.42 Å². The van der Waals surface area contributed by atoms with Crippen molar-refractivity contribution in [3.63, 3.8) is 0 Å². The largest absolute Gasteiger partial charge is 0.357 e. The van der Waals surface area contributed by atoms with Crippen molar-refractivity contribution in [3.8, 4) is 0 Å². The minimum Gasteiger partial charge on any atom is -0.357 e. The van der Waals surface area contributed by atoms with Gasteiger partial charge in [-0.15, -0.1) is 0 Å². The molecule has 150 valence electrons. The van der Waals surface area contributed by atoms with Gasteiger partial charge in [-0.05, 0) is 51.6 Å². The zero-order valence-corrected chi connectivity index (χ0v) is 17.6. The number of hydrogen-bond acceptors (Lipinski definition) is 3. The van der Waals surface area contributed by atoms with Crippen molar-refractivity contribution in [3.05, 3.63) is 36.5 Å². The molecule has 27 heavy (non-hydrogen) atoms. The van der Waals surface area contributed by atoms with Crippen molar-refractivity contribution in [2.45, 2.75) is 45.4 Å². The number of para-hydroxylation sites is 1. The van der Waals surface area contributed by atoms with Crippen molar-refractivity contribution in [2.75, 3.05) is 25.4 Å². The number of nitrogens with one attached hydrogen (secondary N) is 2. The molecule has 6 nitrogen and oxygen atoms in total. The molecular formula is C20H32N4O2S. The summed E-state index contributed by atoms with van der Waals surface area (Å²) >= 11 is 0. The topological polar surface area (TPSA) is 75.5 Å². The summed E-state index contributed by atoms with van der Waals surface area (Å²) in [4.78, 5) is 4.56. The van der Waals surface area contributed by atoms with E-state index in [0.29, 0.717) is 19.0 Å². The number of hydrogen-bond donors (Lipinski definition) is 2. The highest BCUT2D eigenvalue weighted by molar-refractivity contribution is 7.92. The molecule has 1 aromatic heterocycles. The van der Waals surface area contributed by atoms with E-state index in [-0.39, 0.29) is 5.75 Å². The minimum absolute atomic E-state index is 0.0935. The number of fused-ring (bicyclic) bond motifs is 1. The van der Waals surface area contributed by atoms with E-state index in [1.165, 1.54) is 10.9 Å². The lowest BCUT2D eigenvalue weighted by atomic mass is 10.2. The van der Waals surface area contributed by atoms with Gasteiger partial charge in [-0.3, -0.25) is 4.99 Å². The molecule has 0 fully saturated rings. The van der Waals surface area contributed by atoms with E-state index in [9.17, 15) is 8.42 Å². The van der Waals surface area contributed by atoms with Gasteiger partial charge in [-0.25, -0.2) is 8.42 Å². The predicted molar refractivity (Wildman–Crippen MR) is 114 cm³/mol. The first-order valence-corrected chi connectivity index (χ1v) is 11.2. The van der Waals surface area contributed by atoms with Crippen LogP contribution in [-0.2, 0) is 16.4 Å². The third kappa shape index (κ3) is 5.99. The number of sulfone groups is 1. The summed E-state index contributed by atoms with van der Waals surface area (Å²) in [7, 11) is -3.13. The second-order valence-corrected chi connectivity index (χ2v) is 10.4. The first kappa shape index (κ1) is 21.3. The molecule has 0 aliphatic heterocycles. The number of nitrogens with zero attached hydrogens (tertiary/aromatic N) is 2. The van der Waals surface area contributed by atoms with Crippen molar-refractivity contribution in [1.29, 1.82) is 0 Å². The molecule has 0 aliphatic rings. The highest BCUT2D eigenvalue weighted by Gasteiger charge is 2.28. The molecule has 0 aliphatic carbocycles. The Morgan fingerprint density at radius 1 is 1.15 bits per heavy atom. The molecule has 0 unspecified atom stereocenters. The Morgan fingerprint density at radius 2 is 1.89 bits per heavy atom. The SMILES string of the molecule is CCNC(=NCCCn1ccc2ccccc21)NCCS(=O)(=O)C(C)(C)C. The fraction of sp³-hybridized carbons (Fsp3) is 0.550. The van der Waals surface area contributed by atoms with Crippen LogP contribution in [0, 0.1) is 0 Å². The van der Waals surface area contributed by atoms with E-state index in [1.807, 2.05) is 13.0 Å². The van der Waals surface area contributed by atoms with Gasteiger partial charge in [0.25, 0.3) is 0 Å². The van der Waals surface area contributed by atoms with Crippen LogP contribution in [0.15, 0.2) is 41.5 Å². The Morgan fingerprint density at radius 3 is 2.59 bits per heavy atom. The third-order valence-corrected chi connectivity index (χ3v) is 7.06. The van der Waals surface area contributed by atoms with Gasteiger partial charge >= 0.3 is 0 Å². The van der Waals surface area contributed by atoms with Crippen LogP contribution in [0.3, 0.4) is 0 Å². The number of aryl methyl sites for hydroxylation is 1. The van der Waals surface area contributed by atoms with Crippen LogP contribution in [0.4, 0.5) is 0 Å². The van der Waals surface area contributed by atoms with Crippen LogP contribution in [-0.4, -0.2) is 49.1 Å². The van der Waals surface area contributed by atoms with Crippen LogP contribution in [0.25, 0.3) is 10.9 Å². The van der Waals surface area contributed by atoms with Gasteiger partial charge in [-0.2, -0.15) is 0 Å². The summed E-state index contributed by atoms with van der Waals surface area (Å²) in [5.41, 5.74) is 1.24. The maximum absolute atomic E-state index is 12.2. The second kappa shape index (κ2) is 9.26. The van der Waals surface area contributed by atoms with E-state index in [4.69, 9.17) is 0 Å². The van der Waals surface area contributed by atoms with Crippen LogP contribution in [0.1, 0.15) is 34.1 Å². The predicted octanol–water partition coefficient (Wildman–Crippen LogP) is 2.80. The van der Waals surface area contributed by atoms with Gasteiger partial charge in [0, 0.05) is 37.9 Å². The molecule has 1 aromatic carbocycles. The molecule has 0 amide bonds. The molecule has 0 atom stereocenters. The number of guanidine groups is 1. The quantitative estimate of drug-likeness (QED) is 0.411. The highest BCUT2D eigenvalue weighted by Crippen LogP contribution is 2.16. The molecule has 7 heteroatoms. The third-order valence-electron chi connectivity index (χ3n) is 4.45. The standard InChI is InChI=1S/C20H32N4O2S/c1-5-21-19(23-13-16-27(25,26)20(2,3)4)22-12-8-14-24-15-11-17-9-6-7-10-18(17)24/h6-7,9-11,15H,5,8,12-14,16H2,1-4H3,(H2,21,22,23). The van der Waals surface area contributed by atoms with Gasteiger partial charge in [0.05, 0.1) is 10.5 Å². The lowest BCUT2D eigenvalue weighted by molar-refractivity contribution is 0.559. The Labute approximate surface area is 163 Å². The molecule has 1 heterocycles. The maximum atomic E-state index is 12.2. The summed E-state index contributed by atoms with van der Waals surface area (Å²) in [5, 5.41) is 7.54. The van der Waals surface area contributed by atoms with Crippen LogP contribution >= 0.6 is 0 Å². The first-order valence-electron chi connectivity index (χ1n) is 9.53. The van der Waals surface area contributed by atoms with Gasteiger partial charge in [0.15, 0.2) is 15.8 Å². The Kier molecular flexibility index (Phi) is 7.30. The molecule has 0 bridgehead atoms. The zero-order chi connectivity index (χ0) is 19.9. The summed E-state index contributed by atoms with van der Waals surface area (Å²) in [6.45, 7) is 9.84. The van der Waals surface area contributed by atoms with Crippen molar-refractivity contribution >= 4 is 26.7 Å². The monoisotopic (exact) mass is 392 g/mol. The Hall–Kier alpha value is -2.02. The highest BCUT2D eigenvalue weighted by atomic mass is 32.2. The summed E-state index contributed by atoms with van der Waals surface area (Å²) in [6, 6.07) is 10.5. The van der Waals surface area contributed by atoms with Gasteiger partial charge in [0.2, 0.25) is 0 Å². The molecule has 2 rings (SSSR count). The smallest absolute Gasteiger partial charge is 0.191 e. The summed E-state index contributed by atoms with van der Waals surface area (Å²) < 4.78 is 25.9. The Balaban J connectivity index is 1.84. The Bertz CT molecular complexity index is 863. The number of rotatable bonds is 8. The van der Waals surface area contributed by atoms with E-state index in [2.05, 4.69) is 50.7 Å². The van der Waals surface area contributed by atoms with Crippen LogP contribution in [0.2, 0.25) is 0 Å². The second-order valence-electron chi connectivity index (χ2n) is 7.54. The van der Waals surface area contributed by atoms with E-state index in [0.717, 1.165) is 19.5 Å². The van der Waals surface area contributed by atoms with Crippen LogP contribution < -0.4 is 10.6 Å². The lowest BCUT2D eigenvalue weighted by Gasteiger charge is -2.19. The van der Waals surface area contributed by atoms with E-state index in [1.54, 1.807) is 20.8 Å². The average molecular weight is 393 g/mol. The zero-order valence-electron chi connectivity index (χ0n) is 16.8. The molecule has 2 N–H and O–H groups in total. The van der Waals surface area contributed by atoms with Crippen molar-refractivity contribution in [1.82, 2.24) is 15.2 Å². The minimum atomic E-state index is -3.13. The van der Waals surface area contributed by atoms with E-state index >= 15 is 0 Å². The van der Waals surface area contributed by atoms with Gasteiger partial charge in [0.1, 0.15) is 0 Å². The van der Waals surface area contributed by atoms with Gasteiger partial charge < -0.3 is 15.2 Å². The molecule has 2 aromatic rings. The number of benzene rings is 1. The fourth-order valence-electron chi connectivity index (χ4n) is 2.72. The molecular weight excluding hydrogens is 360 g/mol. The molecule has 0 saturated carbocycles. The summed E-state index contributed by atoms with van der Waals surface area (Å²) in [6.07, 6.45) is 3.02. The molecule has 0 radical (unpaired) electrons. The average Bonchev–Trinajstić information content (AvgIpc) is 3.01. The summed E-state index contributed by atoms with van der Waals surface area (Å²) in [5.74, 6) is 0.759. The van der Waals surface area contributed by atoms with Crippen LogP contribution in [0.5, 0.6) is 0 Å². The molecule has 0 spiro atoms. The molecule has 0 saturated heterocycles. The number of aromatic nitrogens is 1. The normalized spacial score (nSPS) is 13.1. The van der Waals surface area contributed by atoms with Gasteiger partial charge in [-0.1, -0.05) is 18.2 Å². The number of aliphatic imine (C=N–C) groups is 1.